The first kappa shape index (κ1) is 31.8. The van der Waals surface area contributed by atoms with Gasteiger partial charge in [-0.1, -0.05) is 42.0 Å². The fraction of sp³-hybridized carbons (Fsp3) is 0.250. The smallest absolute Gasteiger partial charge is 0.326 e. The molecular weight excluding hydrogens is 586 g/mol. The van der Waals surface area contributed by atoms with Crippen LogP contribution in [0.5, 0.6) is 11.6 Å². The van der Waals surface area contributed by atoms with Crippen LogP contribution in [-0.4, -0.2) is 49.7 Å². The van der Waals surface area contributed by atoms with Crippen molar-refractivity contribution in [2.75, 3.05) is 34.3 Å². The van der Waals surface area contributed by atoms with Crippen molar-refractivity contribution in [1.29, 1.82) is 0 Å². The molecule has 2 heterocycles. The van der Waals surface area contributed by atoms with Crippen LogP contribution in [0.15, 0.2) is 97.2 Å². The molecule has 0 bridgehead atoms. The predicted octanol–water partition coefficient (Wildman–Crippen LogP) is 6.68. The van der Waals surface area contributed by atoms with Gasteiger partial charge in [0, 0.05) is 55.0 Å². The summed E-state index contributed by atoms with van der Waals surface area (Å²) in [5, 5.41) is 3.08. The van der Waals surface area contributed by atoms with Gasteiger partial charge in [0.2, 0.25) is 15.9 Å². The molecule has 1 aliphatic rings. The lowest BCUT2D eigenvalue weighted by Gasteiger charge is -2.38. The molecule has 5 rings (SSSR count). The number of rotatable bonds is 9. The van der Waals surface area contributed by atoms with Crippen LogP contribution in [0.25, 0.3) is 0 Å². The molecule has 0 aliphatic carbocycles. The summed E-state index contributed by atoms with van der Waals surface area (Å²) in [4.78, 5) is 22.2. The second-order valence-electron chi connectivity index (χ2n) is 10.5. The van der Waals surface area contributed by atoms with E-state index >= 15 is 0 Å². The molecule has 43 heavy (non-hydrogen) atoms. The molecule has 226 valence electrons. The molecule has 2 N–H and O–H groups in total. The Morgan fingerprint density at radius 1 is 0.930 bits per heavy atom. The van der Waals surface area contributed by atoms with E-state index in [1.807, 2.05) is 84.8 Å². The number of aryl methyl sites for hydroxylation is 1. The third-order valence-electron chi connectivity index (χ3n) is 7.06. The first-order valence-electron chi connectivity index (χ1n) is 13.9. The molecule has 4 aromatic rings. The van der Waals surface area contributed by atoms with Crippen LogP contribution in [0, 0.1) is 6.92 Å². The van der Waals surface area contributed by atoms with Crippen molar-refractivity contribution in [3.63, 3.8) is 0 Å². The minimum atomic E-state index is -3.33. The summed E-state index contributed by atoms with van der Waals surface area (Å²) >= 11 is 0. The highest BCUT2D eigenvalue weighted by Gasteiger charge is 2.29. The number of aromatic nitrogens is 1. The number of hydrogen-bond donors (Lipinski definition) is 2. The Kier molecular flexibility index (Phi) is 10.6. The quantitative estimate of drug-likeness (QED) is 0.216. The summed E-state index contributed by atoms with van der Waals surface area (Å²) in [5.41, 5.74) is 4.36. The van der Waals surface area contributed by atoms with Crippen LogP contribution in [0.1, 0.15) is 24.0 Å². The third kappa shape index (κ3) is 9.18. The largest absolute Gasteiger partial charge is 0.439 e. The van der Waals surface area contributed by atoms with E-state index in [-0.39, 0.29) is 24.5 Å². The molecule has 1 aliphatic heterocycles. The maximum atomic E-state index is 13.5. The molecule has 0 unspecified atom stereocenters. The van der Waals surface area contributed by atoms with E-state index in [0.29, 0.717) is 17.3 Å². The highest BCUT2D eigenvalue weighted by molar-refractivity contribution is 7.92. The minimum Gasteiger partial charge on any atom is -0.439 e. The maximum Gasteiger partial charge on any atom is 0.326 e. The number of nitrogens with one attached hydrogen (secondary N) is 2. The van der Waals surface area contributed by atoms with E-state index in [2.05, 4.69) is 19.9 Å². The van der Waals surface area contributed by atoms with Gasteiger partial charge in [0.25, 0.3) is 0 Å². The van der Waals surface area contributed by atoms with Crippen LogP contribution in [0.2, 0.25) is 0 Å². The van der Waals surface area contributed by atoms with Crippen LogP contribution in [-0.2, 0) is 16.6 Å². The third-order valence-corrected chi connectivity index (χ3v) is 7.67. The topological polar surface area (TPSA) is 104 Å². The molecule has 0 atom stereocenters. The van der Waals surface area contributed by atoms with Crippen molar-refractivity contribution < 1.29 is 17.9 Å². The second kappa shape index (κ2) is 14.4. The van der Waals surface area contributed by atoms with E-state index in [1.165, 1.54) is 0 Å². The lowest BCUT2D eigenvalue weighted by Crippen LogP contribution is -2.49. The van der Waals surface area contributed by atoms with Gasteiger partial charge in [-0.2, -0.15) is 0 Å². The van der Waals surface area contributed by atoms with Gasteiger partial charge in [-0.3, -0.25) is 14.5 Å². The number of ether oxygens (including phenoxy) is 1. The predicted molar refractivity (Wildman–Crippen MR) is 174 cm³/mol. The number of amides is 2. The van der Waals surface area contributed by atoms with E-state index in [0.717, 1.165) is 61.2 Å². The lowest BCUT2D eigenvalue weighted by atomic mass is 10.0. The zero-order valence-electron chi connectivity index (χ0n) is 24.1. The molecule has 1 aromatic heterocycles. The highest BCUT2D eigenvalue weighted by Crippen LogP contribution is 2.27. The number of para-hydroxylation sites is 1. The highest BCUT2D eigenvalue weighted by atomic mass is 35.5. The monoisotopic (exact) mass is 621 g/mol. The van der Waals surface area contributed by atoms with E-state index in [9.17, 15) is 13.2 Å². The number of nitrogens with zero attached hydrogens (tertiary/aromatic N) is 3. The Hall–Kier alpha value is -4.12. The van der Waals surface area contributed by atoms with Gasteiger partial charge in [0.1, 0.15) is 5.75 Å². The fourth-order valence-corrected chi connectivity index (χ4v) is 5.55. The molecule has 0 spiro atoms. The summed E-state index contributed by atoms with van der Waals surface area (Å²) in [5.74, 6) is 1.02. The number of urea groups is 1. The van der Waals surface area contributed by atoms with Gasteiger partial charge in [0.05, 0.1) is 6.26 Å². The Morgan fingerprint density at radius 2 is 1.58 bits per heavy atom. The number of pyridine rings is 1. The number of carbonyl (C=O) groups is 1. The summed E-state index contributed by atoms with van der Waals surface area (Å²) in [6.45, 7) is 4.50. The lowest BCUT2D eigenvalue weighted by molar-refractivity contribution is 0.199. The van der Waals surface area contributed by atoms with E-state index in [4.69, 9.17) is 4.74 Å². The Balaban J connectivity index is 0.00000423. The number of likely N-dealkylation sites (tertiary alicyclic amines) is 1. The molecule has 0 saturated carbocycles. The number of halogens is 1. The van der Waals surface area contributed by atoms with E-state index < -0.39 is 10.0 Å². The van der Waals surface area contributed by atoms with Gasteiger partial charge in [-0.05, 0) is 73.9 Å². The average molecular weight is 622 g/mol. The Labute approximate surface area is 259 Å². The molecule has 2 amide bonds. The Bertz CT molecular complexity index is 1580. The van der Waals surface area contributed by atoms with Gasteiger partial charge < -0.3 is 10.1 Å². The molecule has 9 nitrogen and oxygen atoms in total. The van der Waals surface area contributed by atoms with Crippen molar-refractivity contribution in [3.05, 3.63) is 108 Å². The SMILES string of the molecule is Cc1ccc(NC(=O)N(c2ccccc2)C2CCN(Cc3ccc(Oc4ccc(NS(C)(=O)=O)cc4)nc3)CC2)cc1.Cl. The van der Waals surface area contributed by atoms with Gasteiger partial charge in [-0.25, -0.2) is 18.2 Å². The molecule has 1 fully saturated rings. The number of sulfonamides is 1. The summed E-state index contributed by atoms with van der Waals surface area (Å²) < 4.78 is 31.0. The van der Waals surface area contributed by atoms with Gasteiger partial charge in [0.15, 0.2) is 0 Å². The zero-order valence-corrected chi connectivity index (χ0v) is 25.8. The van der Waals surface area contributed by atoms with Crippen molar-refractivity contribution in [2.45, 2.75) is 32.4 Å². The molecule has 3 aromatic carbocycles. The van der Waals surface area contributed by atoms with E-state index in [1.54, 1.807) is 24.3 Å². The maximum absolute atomic E-state index is 13.5. The molecule has 0 radical (unpaired) electrons. The standard InChI is InChI=1S/C32H35N5O4S.ClH/c1-24-8-11-26(12-9-24)34-32(38)37(28-6-4-3-5-7-28)29-18-20-36(21-19-29)23-25-10-17-31(33-22-25)41-30-15-13-27(14-16-30)35-42(2,39)40;/h3-17,22,29,35H,18-21,23H2,1-2H3,(H,34,38);1H. The van der Waals surface area contributed by atoms with Crippen molar-refractivity contribution in [3.8, 4) is 11.6 Å². The van der Waals surface area contributed by atoms with Gasteiger partial charge >= 0.3 is 6.03 Å². The van der Waals surface area contributed by atoms with Gasteiger partial charge in [-0.15, -0.1) is 12.4 Å². The molecular formula is C32H36ClN5O4S. The second-order valence-corrected chi connectivity index (χ2v) is 12.3. The first-order chi connectivity index (χ1) is 20.2. The number of hydrogen-bond acceptors (Lipinski definition) is 6. The number of benzene rings is 3. The van der Waals surface area contributed by atoms with Crippen molar-refractivity contribution in [2.24, 2.45) is 0 Å². The molecule has 11 heteroatoms. The average Bonchev–Trinajstić information content (AvgIpc) is 2.97. The normalized spacial score (nSPS) is 13.9. The summed E-state index contributed by atoms with van der Waals surface area (Å²) in [6, 6.07) is 28.1. The van der Waals surface area contributed by atoms with Crippen LogP contribution in [0.4, 0.5) is 21.9 Å². The summed E-state index contributed by atoms with van der Waals surface area (Å²) in [7, 11) is -3.33. The Morgan fingerprint density at radius 3 is 2.19 bits per heavy atom. The minimum absolute atomic E-state index is 0. The zero-order chi connectivity index (χ0) is 29.5. The van der Waals surface area contributed by atoms with Crippen LogP contribution in [0.3, 0.4) is 0 Å². The summed E-state index contributed by atoms with van der Waals surface area (Å²) in [6.07, 6.45) is 4.63. The fourth-order valence-electron chi connectivity index (χ4n) is 4.99. The van der Waals surface area contributed by atoms with Crippen molar-refractivity contribution >= 4 is 45.5 Å². The number of piperidine rings is 1. The first-order valence-corrected chi connectivity index (χ1v) is 15.8. The van der Waals surface area contributed by atoms with Crippen LogP contribution < -0.4 is 19.7 Å². The van der Waals surface area contributed by atoms with Crippen molar-refractivity contribution in [1.82, 2.24) is 9.88 Å². The number of anilines is 3. The number of carbonyl (C=O) groups excluding carboxylic acids is 1. The molecule has 1 saturated heterocycles. The van der Waals surface area contributed by atoms with Crippen LogP contribution >= 0.6 is 12.4 Å².